The van der Waals surface area contributed by atoms with E-state index in [0.717, 1.165) is 6.61 Å². The molecule has 0 unspecified atom stereocenters. The Bertz CT molecular complexity index is 204. The van der Waals surface area contributed by atoms with Crippen LogP contribution in [0, 0.1) is 6.92 Å². The quantitative estimate of drug-likeness (QED) is 0.516. The van der Waals surface area contributed by atoms with Gasteiger partial charge >= 0.3 is 0 Å². The van der Waals surface area contributed by atoms with Gasteiger partial charge in [0.15, 0.2) is 0 Å². The van der Waals surface area contributed by atoms with Gasteiger partial charge in [-0.15, -0.1) is 6.58 Å². The Balaban J connectivity index is -0.000000180. The van der Waals surface area contributed by atoms with Gasteiger partial charge in [0.2, 0.25) is 0 Å². The molecule has 0 radical (unpaired) electrons. The first kappa shape index (κ1) is 21.2. The summed E-state index contributed by atoms with van der Waals surface area (Å²) in [6.45, 7) is 17.0. The SMILES string of the molecule is C=CCOCC.CC.CC.Cc1ccccc1. The largest absolute Gasteiger partial charge is 0.378 e. The molecule has 0 bridgehead atoms. The maximum absolute atomic E-state index is 4.86. The molecule has 0 saturated carbocycles. The second-order valence-corrected chi connectivity index (χ2v) is 2.60. The first-order valence-electron chi connectivity index (χ1n) is 6.51. The van der Waals surface area contributed by atoms with Crippen molar-refractivity contribution in [1.82, 2.24) is 0 Å². The topological polar surface area (TPSA) is 9.23 Å². The normalized spacial score (nSPS) is 7.18. The average molecular weight is 238 g/mol. The van der Waals surface area contributed by atoms with Gasteiger partial charge in [0.1, 0.15) is 0 Å². The Morgan fingerprint density at radius 3 is 1.71 bits per heavy atom. The van der Waals surface area contributed by atoms with E-state index in [0.29, 0.717) is 6.61 Å². The Morgan fingerprint density at radius 1 is 1.06 bits per heavy atom. The van der Waals surface area contributed by atoms with Crippen molar-refractivity contribution >= 4 is 0 Å². The zero-order valence-electron chi connectivity index (χ0n) is 12.5. The molecule has 1 nitrogen and oxygen atoms in total. The van der Waals surface area contributed by atoms with E-state index in [1.54, 1.807) is 6.08 Å². The van der Waals surface area contributed by atoms with Crippen molar-refractivity contribution in [2.24, 2.45) is 0 Å². The van der Waals surface area contributed by atoms with Crippen LogP contribution in [0.2, 0.25) is 0 Å². The van der Waals surface area contributed by atoms with Crippen molar-refractivity contribution in [3.05, 3.63) is 48.6 Å². The first-order chi connectivity index (χ1) is 8.31. The molecular weight excluding hydrogens is 208 g/mol. The Hall–Kier alpha value is -1.08. The summed E-state index contributed by atoms with van der Waals surface area (Å²) in [6, 6.07) is 10.3. The molecule has 0 N–H and O–H groups in total. The van der Waals surface area contributed by atoms with Gasteiger partial charge < -0.3 is 4.74 Å². The molecule has 0 fully saturated rings. The van der Waals surface area contributed by atoms with Gasteiger partial charge in [-0.25, -0.2) is 0 Å². The number of hydrogen-bond donors (Lipinski definition) is 0. The number of benzene rings is 1. The van der Waals surface area contributed by atoms with Gasteiger partial charge in [-0.05, 0) is 13.8 Å². The van der Waals surface area contributed by atoms with Crippen molar-refractivity contribution in [3.8, 4) is 0 Å². The number of ether oxygens (including phenoxy) is 1. The fraction of sp³-hybridized carbons (Fsp3) is 0.500. The summed E-state index contributed by atoms with van der Waals surface area (Å²) in [5.41, 5.74) is 1.32. The van der Waals surface area contributed by atoms with E-state index in [9.17, 15) is 0 Å². The third-order valence-electron chi connectivity index (χ3n) is 1.38. The molecule has 0 saturated heterocycles. The minimum Gasteiger partial charge on any atom is -0.378 e. The van der Waals surface area contributed by atoms with Gasteiger partial charge in [-0.3, -0.25) is 0 Å². The molecule has 1 rings (SSSR count). The molecule has 0 spiro atoms. The second-order valence-electron chi connectivity index (χ2n) is 2.60. The molecule has 100 valence electrons. The Labute approximate surface area is 109 Å². The van der Waals surface area contributed by atoms with Crippen LogP contribution in [0.15, 0.2) is 43.0 Å². The summed E-state index contributed by atoms with van der Waals surface area (Å²) in [6.07, 6.45) is 1.74. The van der Waals surface area contributed by atoms with E-state index >= 15 is 0 Å². The first-order valence-corrected chi connectivity index (χ1v) is 6.51. The fourth-order valence-electron chi connectivity index (χ4n) is 0.736. The minimum atomic E-state index is 0.677. The predicted octanol–water partition coefficient (Wildman–Crippen LogP) is 5.26. The Morgan fingerprint density at radius 2 is 1.53 bits per heavy atom. The highest BCUT2D eigenvalue weighted by atomic mass is 16.5. The van der Waals surface area contributed by atoms with E-state index in [4.69, 9.17) is 4.74 Å². The molecule has 1 aromatic carbocycles. The molecule has 0 aliphatic carbocycles. The van der Waals surface area contributed by atoms with Crippen LogP contribution >= 0.6 is 0 Å². The van der Waals surface area contributed by atoms with E-state index < -0.39 is 0 Å². The van der Waals surface area contributed by atoms with Gasteiger partial charge in [0, 0.05) is 6.61 Å². The molecule has 1 heteroatoms. The molecule has 0 heterocycles. The highest BCUT2D eigenvalue weighted by Gasteiger charge is 1.72. The van der Waals surface area contributed by atoms with E-state index in [-0.39, 0.29) is 0 Å². The molecule has 0 amide bonds. The van der Waals surface area contributed by atoms with Crippen molar-refractivity contribution in [2.75, 3.05) is 13.2 Å². The molecule has 0 aromatic heterocycles. The van der Waals surface area contributed by atoms with Crippen LogP contribution in [0.5, 0.6) is 0 Å². The molecule has 0 aliphatic rings. The minimum absolute atomic E-state index is 0.677. The highest BCUT2D eigenvalue weighted by molar-refractivity contribution is 5.11. The van der Waals surface area contributed by atoms with Crippen LogP contribution < -0.4 is 0 Å². The van der Waals surface area contributed by atoms with E-state index in [1.165, 1.54) is 5.56 Å². The van der Waals surface area contributed by atoms with Gasteiger partial charge in [-0.1, -0.05) is 69.7 Å². The summed E-state index contributed by atoms with van der Waals surface area (Å²) < 4.78 is 4.86. The van der Waals surface area contributed by atoms with Crippen LogP contribution in [0.3, 0.4) is 0 Å². The summed E-state index contributed by atoms with van der Waals surface area (Å²) in [7, 11) is 0. The van der Waals surface area contributed by atoms with E-state index in [1.807, 2.05) is 52.8 Å². The van der Waals surface area contributed by atoms with Crippen molar-refractivity contribution in [1.29, 1.82) is 0 Å². The van der Waals surface area contributed by atoms with Crippen LogP contribution in [0.4, 0.5) is 0 Å². The Kier molecular flexibility index (Phi) is 30.3. The monoisotopic (exact) mass is 238 g/mol. The lowest BCUT2D eigenvalue weighted by Crippen LogP contribution is -1.86. The van der Waals surface area contributed by atoms with Crippen LogP contribution in [-0.2, 0) is 4.74 Å². The second kappa shape index (κ2) is 24.2. The summed E-state index contributed by atoms with van der Waals surface area (Å²) in [5, 5.41) is 0. The maximum atomic E-state index is 4.86. The lowest BCUT2D eigenvalue weighted by Gasteiger charge is -1.88. The van der Waals surface area contributed by atoms with Crippen LogP contribution in [0.1, 0.15) is 40.2 Å². The smallest absolute Gasteiger partial charge is 0.0644 e. The molecule has 17 heavy (non-hydrogen) atoms. The third-order valence-corrected chi connectivity index (χ3v) is 1.38. The number of rotatable bonds is 3. The van der Waals surface area contributed by atoms with Gasteiger partial charge in [0.05, 0.1) is 6.61 Å². The lowest BCUT2D eigenvalue weighted by atomic mass is 10.2. The summed E-state index contributed by atoms with van der Waals surface area (Å²) >= 11 is 0. The average Bonchev–Trinajstić information content (AvgIpc) is 2.42. The summed E-state index contributed by atoms with van der Waals surface area (Å²) in [5.74, 6) is 0. The summed E-state index contributed by atoms with van der Waals surface area (Å²) in [4.78, 5) is 0. The third kappa shape index (κ3) is 25.3. The zero-order chi connectivity index (χ0) is 13.9. The highest BCUT2D eigenvalue weighted by Crippen LogP contribution is 1.92. The molecule has 1 aromatic rings. The number of aryl methyl sites for hydroxylation is 1. The molecule has 0 aliphatic heterocycles. The standard InChI is InChI=1S/C7H8.C5H10O.2C2H6/c1-7-5-3-2-4-6-7;1-3-5-6-4-2;2*1-2/h2-6H,1H3;3H,1,4-5H2,2H3;2*1-2H3. The number of hydrogen-bond acceptors (Lipinski definition) is 1. The zero-order valence-corrected chi connectivity index (χ0v) is 12.5. The van der Waals surface area contributed by atoms with Crippen LogP contribution in [-0.4, -0.2) is 13.2 Å². The van der Waals surface area contributed by atoms with Crippen molar-refractivity contribution < 1.29 is 4.74 Å². The lowest BCUT2D eigenvalue weighted by molar-refractivity contribution is 0.178. The van der Waals surface area contributed by atoms with Crippen molar-refractivity contribution in [2.45, 2.75) is 41.5 Å². The molecular formula is C16H30O. The van der Waals surface area contributed by atoms with E-state index in [2.05, 4.69) is 25.6 Å². The molecule has 0 atom stereocenters. The van der Waals surface area contributed by atoms with Gasteiger partial charge in [-0.2, -0.15) is 0 Å². The van der Waals surface area contributed by atoms with Gasteiger partial charge in [0.25, 0.3) is 0 Å². The van der Waals surface area contributed by atoms with Crippen LogP contribution in [0.25, 0.3) is 0 Å². The predicted molar refractivity (Wildman–Crippen MR) is 80.6 cm³/mol. The van der Waals surface area contributed by atoms with Crippen molar-refractivity contribution in [3.63, 3.8) is 0 Å². The fourth-order valence-corrected chi connectivity index (χ4v) is 0.736. The maximum Gasteiger partial charge on any atom is 0.0644 e.